The van der Waals surface area contributed by atoms with Gasteiger partial charge in [-0.2, -0.15) is 13.2 Å². The minimum absolute atomic E-state index is 0.0627. The third kappa shape index (κ3) is 1.60. The highest BCUT2D eigenvalue weighted by Crippen LogP contribution is 2.27. The van der Waals surface area contributed by atoms with Crippen molar-refractivity contribution in [2.24, 2.45) is 0 Å². The lowest BCUT2D eigenvalue weighted by Gasteiger charge is -2.05. The molecule has 15 heavy (non-hydrogen) atoms. The van der Waals surface area contributed by atoms with Crippen LogP contribution in [-0.4, -0.2) is 0 Å². The Morgan fingerprint density at radius 3 is 2.47 bits per heavy atom. The van der Waals surface area contributed by atoms with Crippen molar-refractivity contribution in [2.75, 3.05) is 0 Å². The van der Waals surface area contributed by atoms with Crippen LogP contribution < -0.4 is 5.43 Å². The van der Waals surface area contributed by atoms with Gasteiger partial charge in [0.2, 0.25) is 5.43 Å². The van der Waals surface area contributed by atoms with Crippen molar-refractivity contribution in [3.63, 3.8) is 0 Å². The second kappa shape index (κ2) is 3.12. The van der Waals surface area contributed by atoms with Gasteiger partial charge in [-0.3, -0.25) is 4.79 Å². The quantitative estimate of drug-likeness (QED) is 0.674. The second-order valence-corrected chi connectivity index (χ2v) is 2.97. The van der Waals surface area contributed by atoms with E-state index in [1.807, 2.05) is 0 Å². The van der Waals surface area contributed by atoms with Gasteiger partial charge in [-0.15, -0.1) is 0 Å². The lowest BCUT2D eigenvalue weighted by molar-refractivity contribution is -0.139. The molecule has 0 unspecified atom stereocenters. The highest BCUT2D eigenvalue weighted by molar-refractivity contribution is 5.76. The molecule has 78 valence electrons. The molecule has 0 spiro atoms. The normalized spacial score (nSPS) is 11.9. The minimum atomic E-state index is -4.68. The average molecular weight is 214 g/mol. The monoisotopic (exact) mass is 214 g/mol. The Morgan fingerprint density at radius 2 is 1.80 bits per heavy atom. The van der Waals surface area contributed by atoms with E-state index in [0.717, 1.165) is 0 Å². The molecule has 1 aromatic heterocycles. The summed E-state index contributed by atoms with van der Waals surface area (Å²) < 4.78 is 41.7. The molecule has 0 aliphatic carbocycles. The van der Waals surface area contributed by atoms with Crippen LogP contribution in [0.2, 0.25) is 0 Å². The fraction of sp³-hybridized carbons (Fsp3) is 0.100. The molecule has 0 atom stereocenters. The fourth-order valence-corrected chi connectivity index (χ4v) is 1.27. The summed E-state index contributed by atoms with van der Waals surface area (Å²) in [6.07, 6.45) is -4.23. The summed E-state index contributed by atoms with van der Waals surface area (Å²) in [5.74, 6) is 0. The number of fused-ring (bicyclic) bond motifs is 1. The fourth-order valence-electron chi connectivity index (χ4n) is 1.27. The molecule has 2 nitrogen and oxygen atoms in total. The summed E-state index contributed by atoms with van der Waals surface area (Å²) in [6, 6.07) is 5.81. The molecule has 0 fully saturated rings. The van der Waals surface area contributed by atoms with E-state index in [1.54, 1.807) is 6.07 Å². The Labute approximate surface area is 81.9 Å². The zero-order valence-corrected chi connectivity index (χ0v) is 7.34. The summed E-state index contributed by atoms with van der Waals surface area (Å²) >= 11 is 0. The van der Waals surface area contributed by atoms with Gasteiger partial charge < -0.3 is 4.42 Å². The van der Waals surface area contributed by atoms with E-state index in [0.29, 0.717) is 6.26 Å². The predicted molar refractivity (Wildman–Crippen MR) is 47.5 cm³/mol. The first-order valence-electron chi connectivity index (χ1n) is 4.08. The van der Waals surface area contributed by atoms with Crippen LogP contribution in [0.3, 0.4) is 0 Å². The van der Waals surface area contributed by atoms with Gasteiger partial charge in [-0.05, 0) is 12.1 Å². The molecule has 1 aromatic carbocycles. The van der Waals surface area contributed by atoms with Gasteiger partial charge in [0, 0.05) is 0 Å². The third-order valence-electron chi connectivity index (χ3n) is 1.99. The molecule has 0 aliphatic heterocycles. The molecular weight excluding hydrogens is 209 g/mol. The Morgan fingerprint density at radius 1 is 1.13 bits per heavy atom. The van der Waals surface area contributed by atoms with Crippen LogP contribution in [0.1, 0.15) is 5.56 Å². The van der Waals surface area contributed by atoms with Crippen LogP contribution in [0.15, 0.2) is 39.7 Å². The van der Waals surface area contributed by atoms with Crippen molar-refractivity contribution < 1.29 is 17.6 Å². The molecule has 2 aromatic rings. The zero-order valence-electron chi connectivity index (χ0n) is 7.34. The number of benzene rings is 1. The largest absolute Gasteiger partial charge is 0.463 e. The van der Waals surface area contributed by atoms with E-state index in [-0.39, 0.29) is 11.0 Å². The van der Waals surface area contributed by atoms with E-state index < -0.39 is 17.2 Å². The standard InChI is InChI=1S/C10H5F3O2/c11-10(12,13)7-5-15-8-4-2-1-3-6(8)9(7)14/h1-5H. The van der Waals surface area contributed by atoms with Gasteiger partial charge >= 0.3 is 6.18 Å². The number of hydrogen-bond acceptors (Lipinski definition) is 2. The maximum absolute atomic E-state index is 12.3. The molecular formula is C10H5F3O2. The van der Waals surface area contributed by atoms with Gasteiger partial charge in [-0.25, -0.2) is 0 Å². The van der Waals surface area contributed by atoms with Gasteiger partial charge in [0.05, 0.1) is 5.39 Å². The first kappa shape index (κ1) is 9.76. The highest BCUT2D eigenvalue weighted by atomic mass is 19.4. The van der Waals surface area contributed by atoms with E-state index in [1.165, 1.54) is 18.2 Å². The zero-order chi connectivity index (χ0) is 11.1. The van der Waals surface area contributed by atoms with E-state index in [2.05, 4.69) is 0 Å². The van der Waals surface area contributed by atoms with Crippen molar-refractivity contribution in [1.29, 1.82) is 0 Å². The lowest BCUT2D eigenvalue weighted by Crippen LogP contribution is -2.18. The Bertz CT molecular complexity index is 554. The topological polar surface area (TPSA) is 30.2 Å². The second-order valence-electron chi connectivity index (χ2n) is 2.97. The van der Waals surface area contributed by atoms with Crippen molar-refractivity contribution >= 4 is 11.0 Å². The SMILES string of the molecule is O=c1c(C(F)(F)F)coc2ccccc12. The van der Waals surface area contributed by atoms with E-state index in [4.69, 9.17) is 4.42 Å². The van der Waals surface area contributed by atoms with Gasteiger partial charge in [0.1, 0.15) is 17.4 Å². The maximum atomic E-state index is 12.3. The molecule has 0 aliphatic rings. The molecule has 0 saturated heterocycles. The summed E-state index contributed by atoms with van der Waals surface area (Å²) in [6.45, 7) is 0. The molecule has 2 rings (SSSR count). The average Bonchev–Trinajstić information content (AvgIpc) is 2.16. The Hall–Kier alpha value is -1.78. The lowest BCUT2D eigenvalue weighted by atomic mass is 10.2. The number of alkyl halides is 3. The first-order chi connectivity index (χ1) is 7.00. The number of rotatable bonds is 0. The smallest absolute Gasteiger partial charge is 0.423 e. The van der Waals surface area contributed by atoms with Gasteiger partial charge in [0.25, 0.3) is 0 Å². The van der Waals surface area contributed by atoms with E-state index in [9.17, 15) is 18.0 Å². The Balaban J connectivity index is 2.83. The van der Waals surface area contributed by atoms with Crippen LogP contribution in [-0.2, 0) is 6.18 Å². The molecule has 0 amide bonds. The third-order valence-corrected chi connectivity index (χ3v) is 1.99. The van der Waals surface area contributed by atoms with Crippen LogP contribution in [0.25, 0.3) is 11.0 Å². The highest BCUT2D eigenvalue weighted by Gasteiger charge is 2.35. The van der Waals surface area contributed by atoms with Crippen molar-refractivity contribution in [3.8, 4) is 0 Å². The summed E-state index contributed by atoms with van der Waals surface area (Å²) in [4.78, 5) is 11.4. The number of para-hydroxylation sites is 1. The number of halogens is 3. The van der Waals surface area contributed by atoms with Gasteiger partial charge in [0.15, 0.2) is 0 Å². The van der Waals surface area contributed by atoms with Crippen LogP contribution in [0, 0.1) is 0 Å². The van der Waals surface area contributed by atoms with Crippen LogP contribution in [0.4, 0.5) is 13.2 Å². The van der Waals surface area contributed by atoms with Crippen LogP contribution >= 0.6 is 0 Å². The molecule has 0 N–H and O–H groups in total. The van der Waals surface area contributed by atoms with Crippen molar-refractivity contribution in [2.45, 2.75) is 6.18 Å². The summed E-state index contributed by atoms with van der Waals surface area (Å²) in [5.41, 5.74) is -2.18. The maximum Gasteiger partial charge on any atom is 0.423 e. The number of hydrogen-bond donors (Lipinski definition) is 0. The summed E-state index contributed by atoms with van der Waals surface area (Å²) in [7, 11) is 0. The Kier molecular flexibility index (Phi) is 2.03. The van der Waals surface area contributed by atoms with Crippen molar-refractivity contribution in [1.82, 2.24) is 0 Å². The molecule has 5 heteroatoms. The first-order valence-corrected chi connectivity index (χ1v) is 4.08. The molecule has 0 radical (unpaired) electrons. The predicted octanol–water partition coefficient (Wildman–Crippen LogP) is 2.81. The van der Waals surface area contributed by atoms with Crippen LogP contribution in [0.5, 0.6) is 0 Å². The molecule has 0 saturated carbocycles. The minimum Gasteiger partial charge on any atom is -0.463 e. The van der Waals surface area contributed by atoms with Crippen molar-refractivity contribution in [3.05, 3.63) is 46.3 Å². The molecule has 1 heterocycles. The van der Waals surface area contributed by atoms with E-state index >= 15 is 0 Å². The van der Waals surface area contributed by atoms with Gasteiger partial charge in [-0.1, -0.05) is 12.1 Å². The summed E-state index contributed by atoms with van der Waals surface area (Å²) in [5, 5.41) is -0.0627. The molecule has 0 bridgehead atoms.